The van der Waals surface area contributed by atoms with Gasteiger partial charge in [0.05, 0.1) is 11.7 Å². The Bertz CT molecular complexity index is 603. The van der Waals surface area contributed by atoms with Crippen LogP contribution in [0.25, 0.3) is 0 Å². The van der Waals surface area contributed by atoms with Crippen molar-refractivity contribution in [3.63, 3.8) is 0 Å². The molecule has 1 heterocycles. The third kappa shape index (κ3) is 3.66. The smallest absolute Gasteiger partial charge is 0.273 e. The highest BCUT2D eigenvalue weighted by molar-refractivity contribution is 5.93. The predicted molar refractivity (Wildman–Crippen MR) is 81.1 cm³/mol. The molecule has 6 heteroatoms. The zero-order chi connectivity index (χ0) is 15.4. The molecule has 0 unspecified atom stereocenters. The number of aryl methyl sites for hydroxylation is 2. The molecular weight excluding hydrogens is 266 g/mol. The number of aromatic nitrogens is 3. The summed E-state index contributed by atoms with van der Waals surface area (Å²) in [4.78, 5) is 14.2. The molecule has 0 aliphatic heterocycles. The number of hydrogen-bond donors (Lipinski definition) is 2. The molecule has 2 aromatic rings. The first-order valence-corrected chi connectivity index (χ1v) is 6.87. The topological polar surface area (TPSA) is 73.9 Å². The fourth-order valence-electron chi connectivity index (χ4n) is 2.16. The maximum Gasteiger partial charge on any atom is 0.273 e. The molecule has 2 N–H and O–H groups in total. The monoisotopic (exact) mass is 287 g/mol. The van der Waals surface area contributed by atoms with E-state index in [9.17, 15) is 4.79 Å². The van der Waals surface area contributed by atoms with Gasteiger partial charge in [-0.1, -0.05) is 29.8 Å². The van der Waals surface area contributed by atoms with Gasteiger partial charge < -0.3 is 10.2 Å². The number of nitrogens with zero attached hydrogens (tertiary/aromatic N) is 3. The van der Waals surface area contributed by atoms with Crippen LogP contribution in [0.15, 0.2) is 24.3 Å². The number of nitrogens with one attached hydrogen (secondary N) is 2. The molecule has 1 atom stereocenters. The highest BCUT2D eigenvalue weighted by Gasteiger charge is 2.18. The van der Waals surface area contributed by atoms with Crippen molar-refractivity contribution < 1.29 is 4.79 Å². The van der Waals surface area contributed by atoms with E-state index in [0.29, 0.717) is 17.9 Å². The summed E-state index contributed by atoms with van der Waals surface area (Å²) in [6.07, 6.45) is 0. The van der Waals surface area contributed by atoms with Crippen molar-refractivity contribution in [2.24, 2.45) is 0 Å². The standard InChI is InChI=1S/C15H21N5O/c1-10-5-7-12(8-6-10)13(20(3)4)9-16-15(21)14-11(2)17-19-18-14/h5-8,13H,9H2,1-4H3,(H,16,21)(H,17,18,19)/t13-/m1/s1. The minimum Gasteiger partial charge on any atom is -0.349 e. The number of benzene rings is 1. The van der Waals surface area contributed by atoms with Gasteiger partial charge >= 0.3 is 0 Å². The van der Waals surface area contributed by atoms with Crippen molar-refractivity contribution in [1.82, 2.24) is 25.6 Å². The van der Waals surface area contributed by atoms with Gasteiger partial charge in [-0.25, -0.2) is 0 Å². The Morgan fingerprint density at radius 1 is 1.24 bits per heavy atom. The molecule has 0 aliphatic rings. The molecule has 6 nitrogen and oxygen atoms in total. The fraction of sp³-hybridized carbons (Fsp3) is 0.400. The molecule has 1 aromatic heterocycles. The third-order valence-electron chi connectivity index (χ3n) is 3.48. The first-order chi connectivity index (χ1) is 9.99. The summed E-state index contributed by atoms with van der Waals surface area (Å²) in [5, 5.41) is 13.1. The number of amides is 1. The largest absolute Gasteiger partial charge is 0.349 e. The first-order valence-electron chi connectivity index (χ1n) is 6.87. The van der Waals surface area contributed by atoms with E-state index in [-0.39, 0.29) is 11.9 Å². The highest BCUT2D eigenvalue weighted by atomic mass is 16.2. The average molecular weight is 287 g/mol. The predicted octanol–water partition coefficient (Wildman–Crippen LogP) is 1.45. The summed E-state index contributed by atoms with van der Waals surface area (Å²) < 4.78 is 0. The number of carbonyl (C=O) groups is 1. The number of H-pyrrole nitrogens is 1. The van der Waals surface area contributed by atoms with Crippen molar-refractivity contribution in [3.8, 4) is 0 Å². The Kier molecular flexibility index (Phi) is 4.70. The maximum absolute atomic E-state index is 12.1. The second-order valence-corrected chi connectivity index (χ2v) is 5.36. The number of rotatable bonds is 5. The minimum atomic E-state index is -0.208. The maximum atomic E-state index is 12.1. The molecule has 21 heavy (non-hydrogen) atoms. The number of likely N-dealkylation sites (N-methyl/N-ethyl adjacent to an activating group) is 1. The van der Waals surface area contributed by atoms with Gasteiger partial charge in [0.25, 0.3) is 5.91 Å². The van der Waals surface area contributed by atoms with Gasteiger partial charge in [0.15, 0.2) is 5.69 Å². The molecule has 0 radical (unpaired) electrons. The summed E-state index contributed by atoms with van der Waals surface area (Å²) in [6.45, 7) is 4.33. The molecule has 0 fully saturated rings. The number of aromatic amines is 1. The molecule has 0 spiro atoms. The molecule has 1 amide bonds. The van der Waals surface area contributed by atoms with Gasteiger partial charge in [0, 0.05) is 6.54 Å². The molecular formula is C15H21N5O. The lowest BCUT2D eigenvalue weighted by atomic mass is 10.0. The van der Waals surface area contributed by atoms with E-state index >= 15 is 0 Å². The van der Waals surface area contributed by atoms with Crippen LogP contribution >= 0.6 is 0 Å². The lowest BCUT2D eigenvalue weighted by Gasteiger charge is -2.25. The third-order valence-corrected chi connectivity index (χ3v) is 3.48. The van der Waals surface area contributed by atoms with Crippen molar-refractivity contribution in [1.29, 1.82) is 0 Å². The number of hydrogen-bond acceptors (Lipinski definition) is 4. The van der Waals surface area contributed by atoms with E-state index in [4.69, 9.17) is 0 Å². The fourth-order valence-corrected chi connectivity index (χ4v) is 2.16. The molecule has 1 aromatic carbocycles. The Morgan fingerprint density at radius 2 is 1.90 bits per heavy atom. The van der Waals surface area contributed by atoms with E-state index < -0.39 is 0 Å². The van der Waals surface area contributed by atoms with Crippen LogP contribution in [0.5, 0.6) is 0 Å². The van der Waals surface area contributed by atoms with Gasteiger partial charge in [-0.15, -0.1) is 0 Å². The minimum absolute atomic E-state index is 0.113. The van der Waals surface area contributed by atoms with Crippen LogP contribution in [-0.2, 0) is 0 Å². The SMILES string of the molecule is Cc1ccc([C@@H](CNC(=O)c2n[nH]nc2C)N(C)C)cc1. The molecule has 0 aliphatic carbocycles. The van der Waals surface area contributed by atoms with E-state index in [0.717, 1.165) is 0 Å². The Hall–Kier alpha value is -2.21. The summed E-state index contributed by atoms with van der Waals surface area (Å²) in [5.74, 6) is -0.208. The average Bonchev–Trinajstić information content (AvgIpc) is 2.86. The Morgan fingerprint density at radius 3 is 2.43 bits per heavy atom. The number of carbonyl (C=O) groups excluding carboxylic acids is 1. The molecule has 0 bridgehead atoms. The van der Waals surface area contributed by atoms with Crippen molar-refractivity contribution >= 4 is 5.91 Å². The van der Waals surface area contributed by atoms with Crippen LogP contribution in [0.4, 0.5) is 0 Å². The van der Waals surface area contributed by atoms with Crippen molar-refractivity contribution in [2.45, 2.75) is 19.9 Å². The zero-order valence-corrected chi connectivity index (χ0v) is 12.8. The summed E-state index contributed by atoms with van der Waals surface area (Å²) in [7, 11) is 4.00. The lowest BCUT2D eigenvalue weighted by molar-refractivity contribution is 0.0936. The highest BCUT2D eigenvalue weighted by Crippen LogP contribution is 2.18. The second kappa shape index (κ2) is 6.49. The van der Waals surface area contributed by atoms with E-state index in [1.807, 2.05) is 14.1 Å². The Labute approximate surface area is 124 Å². The normalized spacial score (nSPS) is 12.4. The van der Waals surface area contributed by atoms with Crippen LogP contribution in [0.1, 0.15) is 33.4 Å². The summed E-state index contributed by atoms with van der Waals surface area (Å²) >= 11 is 0. The van der Waals surface area contributed by atoms with E-state index in [1.165, 1.54) is 11.1 Å². The van der Waals surface area contributed by atoms with E-state index in [2.05, 4.69) is 56.8 Å². The van der Waals surface area contributed by atoms with Gasteiger partial charge in [-0.2, -0.15) is 15.4 Å². The van der Waals surface area contributed by atoms with Crippen LogP contribution < -0.4 is 5.32 Å². The quantitative estimate of drug-likeness (QED) is 0.873. The summed E-state index contributed by atoms with van der Waals surface area (Å²) in [6, 6.07) is 8.45. The van der Waals surface area contributed by atoms with Gasteiger partial charge in [-0.3, -0.25) is 4.79 Å². The lowest BCUT2D eigenvalue weighted by Crippen LogP contribution is -2.35. The van der Waals surface area contributed by atoms with Crippen LogP contribution in [0.2, 0.25) is 0 Å². The van der Waals surface area contributed by atoms with Crippen LogP contribution in [0, 0.1) is 13.8 Å². The van der Waals surface area contributed by atoms with Crippen molar-refractivity contribution in [2.75, 3.05) is 20.6 Å². The molecule has 0 saturated carbocycles. The Balaban J connectivity index is 2.06. The van der Waals surface area contributed by atoms with Gasteiger partial charge in [-0.05, 0) is 33.5 Å². The first kappa shape index (κ1) is 15.2. The van der Waals surface area contributed by atoms with E-state index in [1.54, 1.807) is 6.92 Å². The van der Waals surface area contributed by atoms with Crippen molar-refractivity contribution in [3.05, 3.63) is 46.8 Å². The van der Waals surface area contributed by atoms with Crippen LogP contribution in [0.3, 0.4) is 0 Å². The zero-order valence-electron chi connectivity index (χ0n) is 12.8. The van der Waals surface area contributed by atoms with Gasteiger partial charge in [0.1, 0.15) is 0 Å². The summed E-state index contributed by atoms with van der Waals surface area (Å²) in [5.41, 5.74) is 3.34. The van der Waals surface area contributed by atoms with Crippen LogP contribution in [-0.4, -0.2) is 46.9 Å². The van der Waals surface area contributed by atoms with Gasteiger partial charge in [0.2, 0.25) is 0 Å². The molecule has 112 valence electrons. The molecule has 2 rings (SSSR count). The molecule has 0 saturated heterocycles. The second-order valence-electron chi connectivity index (χ2n) is 5.36.